The highest BCUT2D eigenvalue weighted by molar-refractivity contribution is 5.74. The van der Waals surface area contributed by atoms with Crippen molar-refractivity contribution in [3.8, 4) is 0 Å². The van der Waals surface area contributed by atoms with E-state index in [-0.39, 0.29) is 12.1 Å². The van der Waals surface area contributed by atoms with Gasteiger partial charge in [0.05, 0.1) is 6.10 Å². The molecule has 23 heavy (non-hydrogen) atoms. The summed E-state index contributed by atoms with van der Waals surface area (Å²) in [5.41, 5.74) is 0. The number of piperidine rings is 2. The number of urea groups is 1. The zero-order valence-electron chi connectivity index (χ0n) is 14.6. The van der Waals surface area contributed by atoms with E-state index in [0.29, 0.717) is 12.5 Å². The molecule has 0 bridgehead atoms. The van der Waals surface area contributed by atoms with Gasteiger partial charge in [-0.1, -0.05) is 6.92 Å². The van der Waals surface area contributed by atoms with Crippen LogP contribution < -0.4 is 5.32 Å². The number of nitrogens with one attached hydrogen (secondary N) is 1. The molecule has 0 aromatic carbocycles. The lowest BCUT2D eigenvalue weighted by molar-refractivity contribution is 0.102. The van der Waals surface area contributed by atoms with E-state index in [4.69, 9.17) is 4.74 Å². The van der Waals surface area contributed by atoms with Gasteiger partial charge in [0.15, 0.2) is 0 Å². The first-order chi connectivity index (χ1) is 11.2. The standard InChI is InChI=1S/C18H33N3O2/c1-15-6-9-20(10-7-15)13-16-4-2-8-21(14-16)18(22)19-12-17-5-3-11-23-17/h15-17H,2-14H2,1H3,(H,19,22). The van der Waals surface area contributed by atoms with Gasteiger partial charge in [0.2, 0.25) is 0 Å². The second kappa shape index (κ2) is 8.34. The number of ether oxygens (including phenoxy) is 1. The van der Waals surface area contributed by atoms with Gasteiger partial charge in [-0.05, 0) is 63.5 Å². The molecule has 3 aliphatic heterocycles. The Morgan fingerprint density at radius 3 is 2.70 bits per heavy atom. The number of likely N-dealkylation sites (tertiary alicyclic amines) is 2. The molecule has 3 rings (SSSR count). The topological polar surface area (TPSA) is 44.8 Å². The summed E-state index contributed by atoms with van der Waals surface area (Å²) < 4.78 is 5.58. The minimum atomic E-state index is 0.109. The van der Waals surface area contributed by atoms with Gasteiger partial charge in [-0.25, -0.2) is 4.79 Å². The third-order valence-electron chi connectivity index (χ3n) is 5.70. The molecule has 2 unspecified atom stereocenters. The Morgan fingerprint density at radius 1 is 1.13 bits per heavy atom. The molecule has 2 atom stereocenters. The second-order valence-electron chi connectivity index (χ2n) is 7.76. The Morgan fingerprint density at radius 2 is 1.96 bits per heavy atom. The lowest BCUT2D eigenvalue weighted by Gasteiger charge is -2.37. The van der Waals surface area contributed by atoms with Gasteiger partial charge in [0, 0.05) is 32.8 Å². The fraction of sp³-hybridized carbons (Fsp3) is 0.944. The molecule has 2 amide bonds. The summed E-state index contributed by atoms with van der Waals surface area (Å²) >= 11 is 0. The number of hydrogen-bond acceptors (Lipinski definition) is 3. The van der Waals surface area contributed by atoms with Gasteiger partial charge in [0.25, 0.3) is 0 Å². The number of carbonyl (C=O) groups excluding carboxylic acids is 1. The summed E-state index contributed by atoms with van der Waals surface area (Å²) in [7, 11) is 0. The predicted octanol–water partition coefficient (Wildman–Crippen LogP) is 2.32. The second-order valence-corrected chi connectivity index (χ2v) is 7.76. The van der Waals surface area contributed by atoms with Gasteiger partial charge in [-0.15, -0.1) is 0 Å². The van der Waals surface area contributed by atoms with Crippen LogP contribution in [0, 0.1) is 11.8 Å². The SMILES string of the molecule is CC1CCN(CC2CCCN(C(=O)NCC3CCCO3)C2)CC1. The van der Waals surface area contributed by atoms with Crippen LogP contribution >= 0.6 is 0 Å². The summed E-state index contributed by atoms with van der Waals surface area (Å²) in [6, 6.07) is 0.109. The molecule has 0 spiro atoms. The minimum Gasteiger partial charge on any atom is -0.376 e. The van der Waals surface area contributed by atoms with Gasteiger partial charge in [0.1, 0.15) is 0 Å². The molecule has 3 fully saturated rings. The smallest absolute Gasteiger partial charge is 0.317 e. The number of nitrogens with zero attached hydrogens (tertiary/aromatic N) is 2. The molecule has 0 aromatic heterocycles. The number of amides is 2. The molecule has 3 saturated heterocycles. The van der Waals surface area contributed by atoms with Gasteiger partial charge in [-0.2, -0.15) is 0 Å². The highest BCUT2D eigenvalue weighted by Crippen LogP contribution is 2.22. The van der Waals surface area contributed by atoms with E-state index >= 15 is 0 Å². The van der Waals surface area contributed by atoms with Crippen LogP contribution in [0.4, 0.5) is 4.79 Å². The quantitative estimate of drug-likeness (QED) is 0.863. The van der Waals surface area contributed by atoms with Crippen molar-refractivity contribution in [3.63, 3.8) is 0 Å². The largest absolute Gasteiger partial charge is 0.376 e. The Labute approximate surface area is 140 Å². The van der Waals surface area contributed by atoms with E-state index in [1.165, 1.54) is 38.9 Å². The molecule has 3 heterocycles. The van der Waals surface area contributed by atoms with Crippen molar-refractivity contribution >= 4 is 6.03 Å². The van der Waals surface area contributed by atoms with Crippen LogP contribution in [-0.4, -0.2) is 67.8 Å². The maximum atomic E-state index is 12.4. The van der Waals surface area contributed by atoms with Gasteiger partial charge in [-0.3, -0.25) is 0 Å². The van der Waals surface area contributed by atoms with Gasteiger partial charge >= 0.3 is 6.03 Å². The maximum Gasteiger partial charge on any atom is 0.317 e. The molecule has 5 nitrogen and oxygen atoms in total. The Balaban J connectivity index is 1.39. The van der Waals surface area contributed by atoms with E-state index in [0.717, 1.165) is 44.9 Å². The Kier molecular flexibility index (Phi) is 6.17. The molecule has 3 aliphatic rings. The van der Waals surface area contributed by atoms with Crippen LogP contribution in [0.3, 0.4) is 0 Å². The van der Waals surface area contributed by atoms with Crippen LogP contribution in [0.5, 0.6) is 0 Å². The zero-order chi connectivity index (χ0) is 16.1. The third-order valence-corrected chi connectivity index (χ3v) is 5.70. The fourth-order valence-electron chi connectivity index (χ4n) is 4.13. The maximum absolute atomic E-state index is 12.4. The van der Waals surface area contributed by atoms with Crippen molar-refractivity contribution in [1.82, 2.24) is 15.1 Å². The number of carbonyl (C=O) groups is 1. The monoisotopic (exact) mass is 323 g/mol. The van der Waals surface area contributed by atoms with Crippen LogP contribution in [-0.2, 0) is 4.74 Å². The van der Waals surface area contributed by atoms with Crippen molar-refractivity contribution in [2.24, 2.45) is 11.8 Å². The molecular weight excluding hydrogens is 290 g/mol. The average Bonchev–Trinajstić information content (AvgIpc) is 3.08. The van der Waals surface area contributed by atoms with E-state index in [1.54, 1.807) is 0 Å². The van der Waals surface area contributed by atoms with E-state index in [1.807, 2.05) is 4.90 Å². The van der Waals surface area contributed by atoms with E-state index in [2.05, 4.69) is 17.1 Å². The Bertz CT molecular complexity index is 376. The zero-order valence-corrected chi connectivity index (χ0v) is 14.6. The molecule has 0 radical (unpaired) electrons. The van der Waals surface area contributed by atoms with Crippen molar-refractivity contribution in [3.05, 3.63) is 0 Å². The third kappa shape index (κ3) is 5.08. The normalized spacial score (nSPS) is 30.6. The molecule has 1 N–H and O–H groups in total. The summed E-state index contributed by atoms with van der Waals surface area (Å²) in [6.45, 7) is 9.35. The molecule has 0 saturated carbocycles. The van der Waals surface area contributed by atoms with Crippen molar-refractivity contribution in [2.75, 3.05) is 45.9 Å². The summed E-state index contributed by atoms with van der Waals surface area (Å²) in [4.78, 5) is 17.0. The molecule has 132 valence electrons. The van der Waals surface area contributed by atoms with E-state index in [9.17, 15) is 4.79 Å². The number of hydrogen-bond donors (Lipinski definition) is 1. The Hall–Kier alpha value is -0.810. The predicted molar refractivity (Wildman–Crippen MR) is 91.5 cm³/mol. The summed E-state index contributed by atoms with van der Waals surface area (Å²) in [5, 5.41) is 3.07. The summed E-state index contributed by atoms with van der Waals surface area (Å²) in [6.07, 6.45) is 7.51. The fourth-order valence-corrected chi connectivity index (χ4v) is 4.13. The van der Waals surface area contributed by atoms with Crippen LogP contribution in [0.25, 0.3) is 0 Å². The lowest BCUT2D eigenvalue weighted by atomic mass is 9.94. The van der Waals surface area contributed by atoms with Crippen LogP contribution in [0.1, 0.15) is 45.4 Å². The van der Waals surface area contributed by atoms with E-state index < -0.39 is 0 Å². The first-order valence-electron chi connectivity index (χ1n) is 9.57. The molecule has 0 aliphatic carbocycles. The highest BCUT2D eigenvalue weighted by atomic mass is 16.5. The van der Waals surface area contributed by atoms with Gasteiger partial charge < -0.3 is 19.9 Å². The highest BCUT2D eigenvalue weighted by Gasteiger charge is 2.27. The number of rotatable bonds is 4. The van der Waals surface area contributed by atoms with Crippen LogP contribution in [0.2, 0.25) is 0 Å². The van der Waals surface area contributed by atoms with Crippen molar-refractivity contribution < 1.29 is 9.53 Å². The van der Waals surface area contributed by atoms with Crippen molar-refractivity contribution in [2.45, 2.75) is 51.6 Å². The van der Waals surface area contributed by atoms with Crippen molar-refractivity contribution in [1.29, 1.82) is 0 Å². The first-order valence-corrected chi connectivity index (χ1v) is 9.57. The molecule has 0 aromatic rings. The first kappa shape index (κ1) is 17.0. The minimum absolute atomic E-state index is 0.109. The lowest BCUT2D eigenvalue weighted by Crippen LogP contribution is -2.49. The van der Waals surface area contributed by atoms with Crippen LogP contribution in [0.15, 0.2) is 0 Å². The average molecular weight is 323 g/mol. The molecule has 5 heteroatoms. The molecular formula is C18H33N3O2. The summed E-state index contributed by atoms with van der Waals surface area (Å²) in [5.74, 6) is 1.53.